The highest BCUT2D eigenvalue weighted by Gasteiger charge is 2.20. The summed E-state index contributed by atoms with van der Waals surface area (Å²) in [5.74, 6) is 1.96. The van der Waals surface area contributed by atoms with Crippen LogP contribution in [0.15, 0.2) is 18.2 Å². The summed E-state index contributed by atoms with van der Waals surface area (Å²) in [4.78, 5) is 0. The van der Waals surface area contributed by atoms with Gasteiger partial charge in [-0.25, -0.2) is 0 Å². The maximum absolute atomic E-state index is 5.46. The summed E-state index contributed by atoms with van der Waals surface area (Å²) in [6.45, 7) is 1.94. The first-order chi connectivity index (χ1) is 9.86. The van der Waals surface area contributed by atoms with Gasteiger partial charge in [-0.15, -0.1) is 0 Å². The molecular weight excluding hydrogens is 248 g/mol. The lowest BCUT2D eigenvalue weighted by atomic mass is 9.98. The van der Waals surface area contributed by atoms with Gasteiger partial charge in [-0.05, 0) is 30.9 Å². The summed E-state index contributed by atoms with van der Waals surface area (Å²) in [6, 6.07) is 6.84. The van der Waals surface area contributed by atoms with Crippen LogP contribution in [0.25, 0.3) is 0 Å². The molecule has 1 fully saturated rings. The van der Waals surface area contributed by atoms with E-state index >= 15 is 0 Å². The third-order valence-corrected chi connectivity index (χ3v) is 4.80. The molecule has 0 radical (unpaired) electrons. The van der Waals surface area contributed by atoms with Gasteiger partial charge in [0, 0.05) is 30.4 Å². The van der Waals surface area contributed by atoms with Gasteiger partial charge < -0.3 is 15.4 Å². The van der Waals surface area contributed by atoms with Crippen LogP contribution in [-0.4, -0.2) is 19.7 Å². The summed E-state index contributed by atoms with van der Waals surface area (Å²) >= 11 is 0. The number of ether oxygens (including phenoxy) is 1. The van der Waals surface area contributed by atoms with Crippen LogP contribution < -0.4 is 15.4 Å². The maximum Gasteiger partial charge on any atom is 0.125 e. The Morgan fingerprint density at radius 1 is 1.20 bits per heavy atom. The third kappa shape index (κ3) is 3.09. The summed E-state index contributed by atoms with van der Waals surface area (Å²) in [5.41, 5.74) is 2.50. The van der Waals surface area contributed by atoms with Gasteiger partial charge in [0.15, 0.2) is 0 Å². The molecule has 3 nitrogen and oxygen atoms in total. The number of anilines is 1. The maximum atomic E-state index is 5.46. The van der Waals surface area contributed by atoms with E-state index in [0.29, 0.717) is 6.04 Å². The number of methoxy groups -OCH3 is 1. The van der Waals surface area contributed by atoms with Gasteiger partial charge in [0.1, 0.15) is 5.75 Å². The van der Waals surface area contributed by atoms with Crippen LogP contribution in [0.2, 0.25) is 0 Å². The van der Waals surface area contributed by atoms with Crippen molar-refractivity contribution in [3.05, 3.63) is 23.8 Å². The topological polar surface area (TPSA) is 33.3 Å². The predicted octanol–water partition coefficient (Wildman–Crippen LogP) is 3.55. The van der Waals surface area contributed by atoms with Gasteiger partial charge in [-0.1, -0.05) is 31.7 Å². The molecule has 1 aromatic carbocycles. The highest BCUT2D eigenvalue weighted by atomic mass is 16.5. The molecule has 110 valence electrons. The molecule has 1 saturated carbocycles. The van der Waals surface area contributed by atoms with Crippen LogP contribution in [0.5, 0.6) is 5.75 Å². The number of benzene rings is 1. The largest absolute Gasteiger partial charge is 0.496 e. The van der Waals surface area contributed by atoms with Crippen molar-refractivity contribution in [2.24, 2.45) is 5.92 Å². The van der Waals surface area contributed by atoms with Gasteiger partial charge >= 0.3 is 0 Å². The normalized spacial score (nSPS) is 22.9. The molecule has 2 N–H and O–H groups in total. The molecule has 1 aliphatic carbocycles. The summed E-state index contributed by atoms with van der Waals surface area (Å²) in [7, 11) is 1.75. The van der Waals surface area contributed by atoms with E-state index in [0.717, 1.165) is 24.8 Å². The Hall–Kier alpha value is -1.22. The Kier molecular flexibility index (Phi) is 4.46. The van der Waals surface area contributed by atoms with Gasteiger partial charge in [0.05, 0.1) is 7.11 Å². The Morgan fingerprint density at radius 3 is 2.85 bits per heavy atom. The molecule has 1 aliphatic heterocycles. The van der Waals surface area contributed by atoms with Crippen LogP contribution >= 0.6 is 0 Å². The van der Waals surface area contributed by atoms with Crippen molar-refractivity contribution in [2.45, 2.75) is 51.1 Å². The first-order valence-electron chi connectivity index (χ1n) is 8.00. The van der Waals surface area contributed by atoms with Gasteiger partial charge in [0.2, 0.25) is 0 Å². The molecule has 0 spiro atoms. The number of hydrogen-bond donors (Lipinski definition) is 2. The monoisotopic (exact) mass is 274 g/mol. The molecule has 1 aromatic rings. The molecular formula is C17H26N2O. The molecule has 0 bridgehead atoms. The van der Waals surface area contributed by atoms with Crippen molar-refractivity contribution in [3.63, 3.8) is 0 Å². The molecule has 0 saturated heterocycles. The second kappa shape index (κ2) is 6.49. The van der Waals surface area contributed by atoms with Crippen molar-refractivity contribution in [1.29, 1.82) is 0 Å². The lowest BCUT2D eigenvalue weighted by Crippen LogP contribution is -2.30. The summed E-state index contributed by atoms with van der Waals surface area (Å²) < 4.78 is 5.46. The second-order valence-electron chi connectivity index (χ2n) is 6.19. The van der Waals surface area contributed by atoms with Gasteiger partial charge in [-0.2, -0.15) is 0 Å². The summed E-state index contributed by atoms with van der Waals surface area (Å²) in [5, 5.41) is 7.28. The molecule has 3 heteroatoms. The van der Waals surface area contributed by atoms with E-state index in [1.165, 1.54) is 49.8 Å². The highest BCUT2D eigenvalue weighted by molar-refractivity contribution is 5.58. The van der Waals surface area contributed by atoms with Crippen molar-refractivity contribution in [3.8, 4) is 5.75 Å². The molecule has 1 unspecified atom stereocenters. The Morgan fingerprint density at radius 2 is 2.05 bits per heavy atom. The quantitative estimate of drug-likeness (QED) is 0.881. The standard InChI is InChI=1S/C17H26N2O/c1-20-17-8-4-7-16-15(17)12-18-11-14(19-16)10-9-13-5-2-3-6-13/h4,7-8,13-14,18-19H,2-3,5-6,9-12H2,1H3. The highest BCUT2D eigenvalue weighted by Crippen LogP contribution is 2.31. The molecule has 20 heavy (non-hydrogen) atoms. The fourth-order valence-corrected chi connectivity index (χ4v) is 3.63. The predicted molar refractivity (Wildman–Crippen MR) is 83.3 cm³/mol. The van der Waals surface area contributed by atoms with Crippen molar-refractivity contribution < 1.29 is 4.74 Å². The number of hydrogen-bond acceptors (Lipinski definition) is 3. The van der Waals surface area contributed by atoms with Crippen molar-refractivity contribution >= 4 is 5.69 Å². The van der Waals surface area contributed by atoms with Crippen molar-refractivity contribution in [2.75, 3.05) is 19.0 Å². The average Bonchev–Trinajstić information content (AvgIpc) is 2.90. The Balaban J connectivity index is 1.63. The first kappa shape index (κ1) is 13.7. The fourth-order valence-electron chi connectivity index (χ4n) is 3.63. The number of fused-ring (bicyclic) bond motifs is 1. The fraction of sp³-hybridized carbons (Fsp3) is 0.647. The second-order valence-corrected chi connectivity index (χ2v) is 6.19. The lowest BCUT2D eigenvalue weighted by Gasteiger charge is -2.20. The molecule has 0 amide bonds. The average molecular weight is 274 g/mol. The zero-order valence-corrected chi connectivity index (χ0v) is 12.5. The van der Waals surface area contributed by atoms with Crippen LogP contribution in [0, 0.1) is 5.92 Å². The Bertz CT molecular complexity index is 441. The third-order valence-electron chi connectivity index (χ3n) is 4.80. The van der Waals surface area contributed by atoms with E-state index in [9.17, 15) is 0 Å². The lowest BCUT2D eigenvalue weighted by molar-refractivity contribution is 0.408. The minimum atomic E-state index is 0.545. The molecule has 2 aliphatic rings. The van der Waals surface area contributed by atoms with E-state index in [2.05, 4.69) is 22.8 Å². The molecule has 1 heterocycles. The van der Waals surface area contributed by atoms with Gasteiger partial charge in [0.25, 0.3) is 0 Å². The van der Waals surface area contributed by atoms with Gasteiger partial charge in [-0.3, -0.25) is 0 Å². The number of rotatable bonds is 4. The van der Waals surface area contributed by atoms with E-state index < -0.39 is 0 Å². The molecule has 1 atom stereocenters. The Labute approximate surface area is 122 Å². The zero-order chi connectivity index (χ0) is 13.8. The van der Waals surface area contributed by atoms with Crippen LogP contribution in [-0.2, 0) is 6.54 Å². The van der Waals surface area contributed by atoms with Crippen molar-refractivity contribution in [1.82, 2.24) is 5.32 Å². The first-order valence-corrected chi connectivity index (χ1v) is 8.00. The number of nitrogens with one attached hydrogen (secondary N) is 2. The van der Waals surface area contributed by atoms with E-state index in [1.807, 2.05) is 6.07 Å². The van der Waals surface area contributed by atoms with Crippen LogP contribution in [0.3, 0.4) is 0 Å². The van der Waals surface area contributed by atoms with E-state index in [1.54, 1.807) is 7.11 Å². The molecule has 0 aromatic heterocycles. The molecule has 3 rings (SSSR count). The van der Waals surface area contributed by atoms with E-state index in [4.69, 9.17) is 4.74 Å². The van der Waals surface area contributed by atoms with Crippen LogP contribution in [0.4, 0.5) is 5.69 Å². The SMILES string of the molecule is COc1cccc2c1CNCC(CCC1CCCC1)N2. The van der Waals surface area contributed by atoms with E-state index in [-0.39, 0.29) is 0 Å². The minimum absolute atomic E-state index is 0.545. The smallest absolute Gasteiger partial charge is 0.125 e. The van der Waals surface area contributed by atoms with Crippen LogP contribution in [0.1, 0.15) is 44.1 Å². The zero-order valence-electron chi connectivity index (χ0n) is 12.5. The summed E-state index contributed by atoms with van der Waals surface area (Å²) in [6.07, 6.45) is 8.43. The minimum Gasteiger partial charge on any atom is -0.496 e.